The molecule has 1 amide bonds. The van der Waals surface area contributed by atoms with Crippen LogP contribution in [0.1, 0.15) is 15.9 Å². The topological polar surface area (TPSA) is 84.3 Å². The number of carbonyl (C=O) groups excluding carboxylic acids is 1. The Balaban J connectivity index is 1.37. The Hall–Kier alpha value is -3.36. The standard InChI is InChI=1S/C24H25N3O5/c1-30-21-4-2-3-17-13-19(24(29)32-22(17)21)23(28)25-18-6-5-16-7-8-27(20(16)14-18)15-26-9-11-31-12-10-26/h2-6,13-14H,7-12,15H2,1H3,(H,25,28). The van der Waals surface area contributed by atoms with Crippen molar-refractivity contribution >= 4 is 28.3 Å². The number of amides is 1. The molecule has 2 aromatic carbocycles. The zero-order chi connectivity index (χ0) is 22.1. The van der Waals surface area contributed by atoms with Gasteiger partial charge in [-0.25, -0.2) is 4.79 Å². The SMILES string of the molecule is COc1cccc2cc(C(=O)Nc3ccc4c(c3)N(CN3CCOCC3)CC4)c(=O)oc12. The minimum absolute atomic E-state index is 0.0450. The molecule has 32 heavy (non-hydrogen) atoms. The maximum absolute atomic E-state index is 12.9. The minimum Gasteiger partial charge on any atom is -0.493 e. The van der Waals surface area contributed by atoms with Crippen molar-refractivity contribution in [3.63, 3.8) is 0 Å². The molecule has 5 rings (SSSR count). The normalized spacial score (nSPS) is 16.2. The van der Waals surface area contributed by atoms with E-state index in [2.05, 4.69) is 15.1 Å². The molecule has 8 nitrogen and oxygen atoms in total. The van der Waals surface area contributed by atoms with Gasteiger partial charge in [0.2, 0.25) is 0 Å². The zero-order valence-corrected chi connectivity index (χ0v) is 17.9. The van der Waals surface area contributed by atoms with Crippen molar-refractivity contribution in [2.45, 2.75) is 6.42 Å². The number of nitrogens with one attached hydrogen (secondary N) is 1. The molecule has 0 spiro atoms. The first-order valence-electron chi connectivity index (χ1n) is 10.7. The predicted octanol–water partition coefficient (Wildman–Crippen LogP) is 2.71. The lowest BCUT2D eigenvalue weighted by Gasteiger charge is -2.32. The van der Waals surface area contributed by atoms with Crippen LogP contribution in [0.25, 0.3) is 11.0 Å². The molecule has 0 bridgehead atoms. The quantitative estimate of drug-likeness (QED) is 0.617. The van der Waals surface area contributed by atoms with Gasteiger partial charge in [-0.15, -0.1) is 0 Å². The van der Waals surface area contributed by atoms with E-state index in [0.717, 1.165) is 51.6 Å². The van der Waals surface area contributed by atoms with Crippen LogP contribution in [0.5, 0.6) is 5.75 Å². The van der Waals surface area contributed by atoms with E-state index in [1.807, 2.05) is 18.2 Å². The number of hydrogen-bond donors (Lipinski definition) is 1. The molecule has 3 heterocycles. The molecule has 8 heteroatoms. The van der Waals surface area contributed by atoms with Crippen LogP contribution in [0, 0.1) is 0 Å². The van der Waals surface area contributed by atoms with Gasteiger partial charge in [0.05, 0.1) is 27.0 Å². The van der Waals surface area contributed by atoms with E-state index in [1.165, 1.54) is 18.7 Å². The second-order valence-corrected chi connectivity index (χ2v) is 8.01. The molecule has 1 N–H and O–H groups in total. The van der Waals surface area contributed by atoms with Gasteiger partial charge in [0.1, 0.15) is 5.56 Å². The number of para-hydroxylation sites is 1. The predicted molar refractivity (Wildman–Crippen MR) is 122 cm³/mol. The number of fused-ring (bicyclic) bond motifs is 2. The van der Waals surface area contributed by atoms with Crippen LogP contribution >= 0.6 is 0 Å². The van der Waals surface area contributed by atoms with Crippen LogP contribution in [-0.2, 0) is 11.2 Å². The molecule has 1 saturated heterocycles. The number of ether oxygens (including phenoxy) is 2. The van der Waals surface area contributed by atoms with Crippen molar-refractivity contribution in [1.82, 2.24) is 4.90 Å². The van der Waals surface area contributed by atoms with Gasteiger partial charge in [0.15, 0.2) is 11.3 Å². The lowest BCUT2D eigenvalue weighted by Crippen LogP contribution is -2.43. The molecule has 166 valence electrons. The third kappa shape index (κ3) is 3.94. The summed E-state index contributed by atoms with van der Waals surface area (Å²) in [6.45, 7) is 5.15. The largest absolute Gasteiger partial charge is 0.493 e. The van der Waals surface area contributed by atoms with E-state index in [4.69, 9.17) is 13.9 Å². The van der Waals surface area contributed by atoms with Gasteiger partial charge < -0.3 is 24.1 Å². The highest BCUT2D eigenvalue weighted by Gasteiger charge is 2.23. The van der Waals surface area contributed by atoms with Gasteiger partial charge in [-0.2, -0.15) is 0 Å². The Morgan fingerprint density at radius 2 is 1.97 bits per heavy atom. The summed E-state index contributed by atoms with van der Waals surface area (Å²) >= 11 is 0. The van der Waals surface area contributed by atoms with Crippen molar-refractivity contribution in [3.8, 4) is 5.75 Å². The first-order valence-corrected chi connectivity index (χ1v) is 10.7. The third-order valence-electron chi connectivity index (χ3n) is 6.00. The average molecular weight is 435 g/mol. The molecular formula is C24H25N3O5. The number of anilines is 2. The summed E-state index contributed by atoms with van der Waals surface area (Å²) < 4.78 is 16.1. The Labute approximate surface area is 185 Å². The van der Waals surface area contributed by atoms with E-state index in [-0.39, 0.29) is 5.56 Å². The number of morpholine rings is 1. The maximum atomic E-state index is 12.9. The van der Waals surface area contributed by atoms with Crippen LogP contribution in [0.15, 0.2) is 51.7 Å². The minimum atomic E-state index is -0.699. The number of rotatable bonds is 5. The van der Waals surface area contributed by atoms with Crippen LogP contribution < -0.4 is 20.6 Å². The molecule has 3 aromatic rings. The first-order chi connectivity index (χ1) is 15.6. The monoisotopic (exact) mass is 435 g/mol. The molecular weight excluding hydrogens is 410 g/mol. The number of methoxy groups -OCH3 is 1. The van der Waals surface area contributed by atoms with E-state index in [1.54, 1.807) is 18.2 Å². The number of carbonyl (C=O) groups is 1. The molecule has 0 unspecified atom stereocenters. The maximum Gasteiger partial charge on any atom is 0.349 e. The highest BCUT2D eigenvalue weighted by Crippen LogP contribution is 2.31. The Morgan fingerprint density at radius 3 is 2.78 bits per heavy atom. The van der Waals surface area contributed by atoms with E-state index in [0.29, 0.717) is 22.4 Å². The molecule has 1 fully saturated rings. The summed E-state index contributed by atoms with van der Waals surface area (Å²) in [7, 11) is 1.51. The van der Waals surface area contributed by atoms with Crippen molar-refractivity contribution in [2.75, 3.05) is 56.8 Å². The molecule has 1 aromatic heterocycles. The molecule has 0 atom stereocenters. The van der Waals surface area contributed by atoms with Gasteiger partial charge in [0, 0.05) is 36.4 Å². The highest BCUT2D eigenvalue weighted by molar-refractivity contribution is 6.06. The van der Waals surface area contributed by atoms with E-state index < -0.39 is 11.5 Å². The van der Waals surface area contributed by atoms with Gasteiger partial charge >= 0.3 is 5.63 Å². The van der Waals surface area contributed by atoms with Crippen molar-refractivity contribution in [1.29, 1.82) is 0 Å². The molecule has 2 aliphatic heterocycles. The second kappa shape index (κ2) is 8.64. The summed E-state index contributed by atoms with van der Waals surface area (Å²) in [6, 6.07) is 12.7. The fraction of sp³-hybridized carbons (Fsp3) is 0.333. The van der Waals surface area contributed by atoms with Crippen molar-refractivity contribution < 1.29 is 18.7 Å². The summed E-state index contributed by atoms with van der Waals surface area (Å²) in [5.41, 5.74) is 2.60. The number of hydrogen-bond acceptors (Lipinski definition) is 7. The summed E-state index contributed by atoms with van der Waals surface area (Å²) in [4.78, 5) is 30.1. The summed E-state index contributed by atoms with van der Waals surface area (Å²) in [6.07, 6.45) is 0.976. The lowest BCUT2D eigenvalue weighted by molar-refractivity contribution is 0.0382. The fourth-order valence-corrected chi connectivity index (χ4v) is 4.29. The van der Waals surface area contributed by atoms with Crippen LogP contribution in [-0.4, -0.2) is 57.4 Å². The van der Waals surface area contributed by atoms with Crippen LogP contribution in [0.4, 0.5) is 11.4 Å². The Kier molecular flexibility index (Phi) is 5.55. The summed E-state index contributed by atoms with van der Waals surface area (Å²) in [5.74, 6) is -0.0494. The average Bonchev–Trinajstić information content (AvgIpc) is 3.20. The molecule has 0 aliphatic carbocycles. The number of benzene rings is 2. The summed E-state index contributed by atoms with van der Waals surface area (Å²) in [5, 5.41) is 3.48. The zero-order valence-electron chi connectivity index (χ0n) is 17.9. The Morgan fingerprint density at radius 1 is 1.12 bits per heavy atom. The van der Waals surface area contributed by atoms with E-state index in [9.17, 15) is 9.59 Å². The highest BCUT2D eigenvalue weighted by atomic mass is 16.5. The first kappa shape index (κ1) is 20.5. The Bertz CT molecular complexity index is 1220. The van der Waals surface area contributed by atoms with Crippen molar-refractivity contribution in [3.05, 3.63) is 64.0 Å². The molecule has 0 saturated carbocycles. The van der Waals surface area contributed by atoms with E-state index >= 15 is 0 Å². The fourth-order valence-electron chi connectivity index (χ4n) is 4.29. The van der Waals surface area contributed by atoms with Gasteiger partial charge in [0.25, 0.3) is 5.91 Å². The van der Waals surface area contributed by atoms with Gasteiger partial charge in [-0.1, -0.05) is 18.2 Å². The number of nitrogens with zero attached hydrogens (tertiary/aromatic N) is 2. The molecule has 0 radical (unpaired) electrons. The van der Waals surface area contributed by atoms with Crippen LogP contribution in [0.2, 0.25) is 0 Å². The third-order valence-corrected chi connectivity index (χ3v) is 6.00. The second-order valence-electron chi connectivity index (χ2n) is 8.01. The van der Waals surface area contributed by atoms with Crippen molar-refractivity contribution in [2.24, 2.45) is 0 Å². The van der Waals surface area contributed by atoms with Crippen LogP contribution in [0.3, 0.4) is 0 Å². The smallest absolute Gasteiger partial charge is 0.349 e. The van der Waals surface area contributed by atoms with Gasteiger partial charge in [-0.3, -0.25) is 9.69 Å². The molecule has 2 aliphatic rings. The lowest BCUT2D eigenvalue weighted by atomic mass is 10.1. The van der Waals surface area contributed by atoms with Gasteiger partial charge in [-0.05, 0) is 36.2 Å².